The number of hydrogen-bond acceptors (Lipinski definition) is 1. The summed E-state index contributed by atoms with van der Waals surface area (Å²) in [5.41, 5.74) is 1.29. The van der Waals surface area contributed by atoms with Crippen molar-refractivity contribution in [2.75, 3.05) is 20.6 Å². The van der Waals surface area contributed by atoms with Crippen LogP contribution in [-0.4, -0.2) is 25.5 Å². The van der Waals surface area contributed by atoms with Crippen molar-refractivity contribution in [1.82, 2.24) is 4.90 Å². The molecule has 0 bridgehead atoms. The molecule has 0 saturated carbocycles. The van der Waals surface area contributed by atoms with Crippen LogP contribution in [0.1, 0.15) is 5.56 Å². The molecule has 3 aromatic carbocycles. The number of hydrogen-bond donors (Lipinski definition) is 0. The molecule has 0 N–H and O–H groups in total. The van der Waals surface area contributed by atoms with Crippen LogP contribution < -0.4 is 0 Å². The molecule has 3 aromatic rings. The van der Waals surface area contributed by atoms with E-state index in [-0.39, 0.29) is 0 Å². The third-order valence-corrected chi connectivity index (χ3v) is 3.04. The van der Waals surface area contributed by atoms with Crippen LogP contribution in [0.15, 0.2) is 72.8 Å². The van der Waals surface area contributed by atoms with Gasteiger partial charge in [-0.2, -0.15) is 41.6 Å². The molecule has 0 amide bonds. The molecule has 0 atom stereocenters. The van der Waals surface area contributed by atoms with Crippen LogP contribution in [0, 0.1) is 6.42 Å². The van der Waals surface area contributed by atoms with Crippen molar-refractivity contribution in [3.63, 3.8) is 0 Å². The zero-order valence-electron chi connectivity index (χ0n) is 13.7. The van der Waals surface area contributed by atoms with Gasteiger partial charge in [0.1, 0.15) is 0 Å². The van der Waals surface area contributed by atoms with Gasteiger partial charge in [-0.1, -0.05) is 12.1 Å². The monoisotopic (exact) mass is 419 g/mol. The fourth-order valence-electron chi connectivity index (χ4n) is 1.95. The van der Waals surface area contributed by atoms with Gasteiger partial charge in [0.25, 0.3) is 0 Å². The second-order valence-electron chi connectivity index (χ2n) is 5.22. The van der Waals surface area contributed by atoms with Gasteiger partial charge in [0.05, 0.1) is 0 Å². The van der Waals surface area contributed by atoms with Gasteiger partial charge in [-0.05, 0) is 20.6 Å². The van der Waals surface area contributed by atoms with Crippen LogP contribution in [0.2, 0.25) is 0 Å². The van der Waals surface area contributed by atoms with Crippen molar-refractivity contribution in [3.8, 4) is 0 Å². The number of nitrogens with zero attached hydrogens (tertiary/aromatic N) is 1. The Morgan fingerprint density at radius 3 is 2.08 bits per heavy atom. The van der Waals surface area contributed by atoms with E-state index in [1.54, 1.807) is 0 Å². The molecule has 0 aliphatic carbocycles. The number of likely N-dealkylation sites (N-methyl/N-ethyl adjacent to an activating group) is 1. The van der Waals surface area contributed by atoms with Crippen LogP contribution in [0.3, 0.4) is 0 Å². The summed E-state index contributed by atoms with van der Waals surface area (Å²) in [5, 5.41) is 2.66. The van der Waals surface area contributed by atoms with Crippen molar-refractivity contribution in [1.29, 1.82) is 0 Å². The SMILES string of the molecule is CN(C)C[CH-]c1ccccc1.[Cl][V]([Cl])[Cl].c1ccc2[cH-]ccc2c1. The first-order valence-corrected chi connectivity index (χ1v) is 13.2. The second kappa shape index (κ2) is 12.7. The van der Waals surface area contributed by atoms with Crippen LogP contribution in [-0.2, 0) is 12.3 Å². The maximum atomic E-state index is 4.95. The van der Waals surface area contributed by atoms with Gasteiger partial charge >= 0.3 is 41.8 Å². The van der Waals surface area contributed by atoms with E-state index in [0.29, 0.717) is 0 Å². The van der Waals surface area contributed by atoms with E-state index in [1.165, 1.54) is 16.3 Å². The van der Waals surface area contributed by atoms with Gasteiger partial charge in [0.15, 0.2) is 0 Å². The zero-order valence-corrected chi connectivity index (χ0v) is 17.4. The smallest absolute Gasteiger partial charge is 0.0809 e. The molecule has 0 radical (unpaired) electrons. The van der Waals surface area contributed by atoms with E-state index in [9.17, 15) is 0 Å². The minimum absolute atomic E-state index is 1.00. The molecule has 5 heteroatoms. The van der Waals surface area contributed by atoms with Crippen molar-refractivity contribution < 1.29 is 12.3 Å². The Balaban J connectivity index is 0.000000200. The van der Waals surface area contributed by atoms with Crippen molar-refractivity contribution in [2.24, 2.45) is 0 Å². The molecule has 0 fully saturated rings. The average Bonchev–Trinajstić information content (AvgIpc) is 3.03. The molecule has 0 unspecified atom stereocenters. The normalized spacial score (nSPS) is 9.96. The first kappa shape index (κ1) is 21.4. The Morgan fingerprint density at radius 1 is 0.917 bits per heavy atom. The van der Waals surface area contributed by atoms with E-state index >= 15 is 0 Å². The van der Waals surface area contributed by atoms with E-state index in [0.717, 1.165) is 6.54 Å². The summed E-state index contributed by atoms with van der Waals surface area (Å²) >= 11 is -1.77. The minimum atomic E-state index is -1.77. The molecule has 0 aliphatic heterocycles. The van der Waals surface area contributed by atoms with Gasteiger partial charge < -0.3 is 4.90 Å². The zero-order chi connectivity index (χ0) is 17.8. The van der Waals surface area contributed by atoms with E-state index in [1.807, 2.05) is 6.07 Å². The average molecular weight is 421 g/mol. The van der Waals surface area contributed by atoms with Crippen molar-refractivity contribution >= 4 is 40.3 Å². The molecular formula is C19H21Cl3NV-2. The van der Waals surface area contributed by atoms with Gasteiger partial charge in [0.2, 0.25) is 0 Å². The van der Waals surface area contributed by atoms with E-state index in [2.05, 4.69) is 92.1 Å². The quantitative estimate of drug-likeness (QED) is 0.442. The van der Waals surface area contributed by atoms with Gasteiger partial charge in [-0.3, -0.25) is 0 Å². The van der Waals surface area contributed by atoms with Crippen LogP contribution in [0.4, 0.5) is 0 Å². The molecule has 1 nitrogen and oxygen atoms in total. The predicted molar refractivity (Wildman–Crippen MR) is 105 cm³/mol. The maximum absolute atomic E-state index is 4.95. The molecule has 0 aliphatic rings. The summed E-state index contributed by atoms with van der Waals surface area (Å²) in [5.74, 6) is 0. The Hall–Kier alpha value is -0.666. The first-order chi connectivity index (χ1) is 11.5. The summed E-state index contributed by atoms with van der Waals surface area (Å²) < 4.78 is 0. The molecule has 130 valence electrons. The Kier molecular flexibility index (Phi) is 11.3. The van der Waals surface area contributed by atoms with Crippen LogP contribution >= 0.6 is 29.5 Å². The number of benzene rings is 2. The molecule has 0 aromatic heterocycles. The van der Waals surface area contributed by atoms with Crippen molar-refractivity contribution in [3.05, 3.63) is 84.8 Å². The second-order valence-corrected chi connectivity index (χ2v) is 12.1. The predicted octanol–water partition coefficient (Wildman–Crippen LogP) is 6.43. The molecule has 0 heterocycles. The third-order valence-electron chi connectivity index (χ3n) is 3.04. The fraction of sp³-hybridized carbons (Fsp3) is 0.158. The van der Waals surface area contributed by atoms with Gasteiger partial charge in [-0.15, -0.1) is 41.8 Å². The molecular weight excluding hydrogens is 400 g/mol. The minimum Gasteiger partial charge on any atom is -0.168 e. The Morgan fingerprint density at radius 2 is 1.50 bits per heavy atom. The number of fused-ring (bicyclic) bond motifs is 1. The topological polar surface area (TPSA) is 3.24 Å². The number of rotatable bonds is 3. The largest absolute Gasteiger partial charge is 0.168 e. The van der Waals surface area contributed by atoms with Crippen LogP contribution in [0.25, 0.3) is 10.8 Å². The molecule has 0 spiro atoms. The summed E-state index contributed by atoms with van der Waals surface area (Å²) in [7, 11) is 19.0. The van der Waals surface area contributed by atoms with E-state index < -0.39 is 12.3 Å². The van der Waals surface area contributed by atoms with E-state index in [4.69, 9.17) is 29.5 Å². The summed E-state index contributed by atoms with van der Waals surface area (Å²) in [6.45, 7) is 1.00. The fourth-order valence-corrected chi connectivity index (χ4v) is 1.95. The molecule has 24 heavy (non-hydrogen) atoms. The number of halogens is 3. The summed E-state index contributed by atoms with van der Waals surface area (Å²) in [4.78, 5) is 2.15. The molecule has 3 rings (SSSR count). The van der Waals surface area contributed by atoms with Crippen LogP contribution in [0.5, 0.6) is 0 Å². The maximum Gasteiger partial charge on any atom is -0.0809 e. The van der Waals surface area contributed by atoms with Gasteiger partial charge in [0, 0.05) is 0 Å². The Labute approximate surface area is 162 Å². The molecule has 0 saturated heterocycles. The summed E-state index contributed by atoms with van der Waals surface area (Å²) in [6.07, 6.45) is 2.21. The standard InChI is InChI=1S/C10H14N.C9H7.3ClH.V/c1-11(2)9-8-10-6-4-3-5-7-10;1-2-5-9-7-3-6-8(9)4-1;;;;/h3-8H,9H2,1-2H3;1-7H;3*1H;/q2*-1;;;;+3/p-3. The summed E-state index contributed by atoms with van der Waals surface area (Å²) in [6, 6.07) is 25.0. The van der Waals surface area contributed by atoms with Gasteiger partial charge in [-0.25, -0.2) is 0 Å². The third kappa shape index (κ3) is 10.3. The first-order valence-electron chi connectivity index (χ1n) is 7.40. The van der Waals surface area contributed by atoms with Crippen molar-refractivity contribution in [2.45, 2.75) is 0 Å². The Bertz CT molecular complexity index is 635.